The van der Waals surface area contributed by atoms with Gasteiger partial charge in [-0.25, -0.2) is 23.5 Å². The summed E-state index contributed by atoms with van der Waals surface area (Å²) in [5, 5.41) is 5.35. The van der Waals surface area contributed by atoms with Crippen LogP contribution in [-0.4, -0.2) is 23.2 Å². The molecular formula is C14H17BrN4O2S. The number of rotatable bonds is 4. The molecule has 2 rings (SSSR count). The summed E-state index contributed by atoms with van der Waals surface area (Å²) >= 11 is 3.43. The molecule has 0 fully saturated rings. The zero-order valence-corrected chi connectivity index (χ0v) is 14.6. The number of halogens is 1. The molecule has 0 spiro atoms. The van der Waals surface area contributed by atoms with E-state index in [1.54, 1.807) is 25.3 Å². The summed E-state index contributed by atoms with van der Waals surface area (Å²) in [6.45, 7) is 3.73. The van der Waals surface area contributed by atoms with Crippen LogP contribution in [0.5, 0.6) is 0 Å². The maximum atomic E-state index is 11.9. The lowest BCUT2D eigenvalue weighted by atomic mass is 10.0. The molecule has 22 heavy (non-hydrogen) atoms. The van der Waals surface area contributed by atoms with Crippen molar-refractivity contribution in [3.8, 4) is 11.1 Å². The Labute approximate surface area is 138 Å². The predicted molar refractivity (Wildman–Crippen MR) is 90.1 cm³/mol. The monoisotopic (exact) mass is 384 g/mol. The fourth-order valence-electron chi connectivity index (χ4n) is 2.23. The summed E-state index contributed by atoms with van der Waals surface area (Å²) in [7, 11) is -3.82. The average Bonchev–Trinajstić information content (AvgIpc) is 2.37. The molecule has 1 heterocycles. The summed E-state index contributed by atoms with van der Waals surface area (Å²) in [5.74, 6) is 0.178. The van der Waals surface area contributed by atoms with Crippen molar-refractivity contribution >= 4 is 31.9 Å². The molecule has 1 aromatic carbocycles. The summed E-state index contributed by atoms with van der Waals surface area (Å²) < 4.78 is 23.7. The third-order valence-corrected chi connectivity index (χ3v) is 4.50. The minimum Gasteiger partial charge on any atom is -0.368 e. The minimum atomic E-state index is -3.82. The van der Waals surface area contributed by atoms with Crippen LogP contribution in [0.1, 0.15) is 18.2 Å². The molecule has 118 valence electrons. The Hall–Kier alpha value is -1.51. The highest BCUT2D eigenvalue weighted by Gasteiger charge is 2.17. The lowest BCUT2D eigenvalue weighted by Crippen LogP contribution is -2.16. The molecular weight excluding hydrogens is 368 g/mol. The molecule has 1 aromatic heterocycles. The van der Waals surface area contributed by atoms with Crippen molar-refractivity contribution in [2.24, 2.45) is 5.14 Å². The Morgan fingerprint density at radius 1 is 1.36 bits per heavy atom. The minimum absolute atomic E-state index is 0.118. The number of anilines is 1. The van der Waals surface area contributed by atoms with Crippen LogP contribution < -0.4 is 10.9 Å². The molecule has 2 aromatic rings. The lowest BCUT2D eigenvalue weighted by Gasteiger charge is -2.12. The topological polar surface area (TPSA) is 112 Å². The highest BCUT2D eigenvalue weighted by atomic mass is 79.9. The Morgan fingerprint density at radius 2 is 2.05 bits per heavy atom. The summed E-state index contributed by atoms with van der Waals surface area (Å²) in [4.78, 5) is 8.31. The van der Waals surface area contributed by atoms with E-state index in [2.05, 4.69) is 25.9 Å². The molecule has 1 unspecified atom stereocenters. The van der Waals surface area contributed by atoms with Crippen molar-refractivity contribution in [2.75, 3.05) is 5.73 Å². The quantitative estimate of drug-likeness (QED) is 0.782. The van der Waals surface area contributed by atoms with E-state index in [1.807, 2.05) is 13.0 Å². The van der Waals surface area contributed by atoms with Crippen LogP contribution in [0.3, 0.4) is 0 Å². The first-order valence-electron chi connectivity index (χ1n) is 6.57. The predicted octanol–water partition coefficient (Wildman–Crippen LogP) is 2.01. The van der Waals surface area contributed by atoms with Crippen molar-refractivity contribution in [3.05, 3.63) is 35.7 Å². The fourth-order valence-corrected chi connectivity index (χ4v) is 3.38. The Morgan fingerprint density at radius 3 is 2.59 bits per heavy atom. The highest BCUT2D eigenvalue weighted by molar-refractivity contribution is 9.09. The molecule has 1 atom stereocenters. The number of aromatic nitrogens is 2. The molecule has 8 heteroatoms. The van der Waals surface area contributed by atoms with Crippen LogP contribution in [0.4, 0.5) is 5.95 Å². The van der Waals surface area contributed by atoms with Gasteiger partial charge >= 0.3 is 0 Å². The molecule has 0 saturated heterocycles. The van der Waals surface area contributed by atoms with Crippen LogP contribution in [0.2, 0.25) is 0 Å². The van der Waals surface area contributed by atoms with Crippen LogP contribution >= 0.6 is 15.9 Å². The van der Waals surface area contributed by atoms with Gasteiger partial charge in [-0.15, -0.1) is 0 Å². The second-order valence-electron chi connectivity index (χ2n) is 5.08. The van der Waals surface area contributed by atoms with Gasteiger partial charge in [-0.05, 0) is 30.5 Å². The summed E-state index contributed by atoms with van der Waals surface area (Å²) in [6, 6.07) is 5.16. The fraction of sp³-hybridized carbons (Fsp3) is 0.286. The lowest BCUT2D eigenvalue weighted by molar-refractivity contribution is 0.596. The number of alkyl halides is 1. The summed E-state index contributed by atoms with van der Waals surface area (Å²) in [5.41, 5.74) is 8.29. The number of nitrogen functional groups attached to an aromatic ring is 1. The molecule has 0 aliphatic carbocycles. The van der Waals surface area contributed by atoms with Gasteiger partial charge < -0.3 is 5.73 Å². The van der Waals surface area contributed by atoms with Gasteiger partial charge in [0.1, 0.15) is 0 Å². The van der Waals surface area contributed by atoms with Gasteiger partial charge in [-0.3, -0.25) is 0 Å². The first-order valence-corrected chi connectivity index (χ1v) is 9.04. The molecule has 6 nitrogen and oxygen atoms in total. The molecule has 0 saturated carbocycles. The van der Waals surface area contributed by atoms with Gasteiger partial charge in [-0.2, -0.15) is 0 Å². The number of sulfonamides is 1. The van der Waals surface area contributed by atoms with Gasteiger partial charge in [0.05, 0.1) is 10.6 Å². The number of benzene rings is 1. The normalized spacial score (nSPS) is 13.1. The largest absolute Gasteiger partial charge is 0.368 e. The Kier molecular flexibility index (Phi) is 4.84. The summed E-state index contributed by atoms with van der Waals surface area (Å²) in [6.07, 6.45) is 2.13. The molecule has 4 N–H and O–H groups in total. The van der Waals surface area contributed by atoms with E-state index in [4.69, 9.17) is 10.9 Å². The maximum Gasteiger partial charge on any atom is 0.238 e. The molecule has 0 aliphatic heterocycles. The van der Waals surface area contributed by atoms with Crippen LogP contribution in [-0.2, 0) is 16.4 Å². The number of hydrogen-bond acceptors (Lipinski definition) is 5. The number of primary sulfonamides is 1. The van der Waals surface area contributed by atoms with Gasteiger partial charge in [0, 0.05) is 16.6 Å². The van der Waals surface area contributed by atoms with E-state index in [9.17, 15) is 8.42 Å². The standard InChI is InChI=1S/C14H17BrN4O2S/c1-8(15)5-11-4-3-10(6-13(11)22(17,20)21)12-7-18-14(16)19-9(12)2/h3-4,6-8H,5H2,1-2H3,(H2,16,18,19)(H2,17,20,21). The van der Waals surface area contributed by atoms with E-state index < -0.39 is 10.0 Å². The number of nitrogens with zero attached hydrogens (tertiary/aromatic N) is 2. The zero-order chi connectivity index (χ0) is 16.5. The third kappa shape index (κ3) is 3.82. The van der Waals surface area contributed by atoms with E-state index >= 15 is 0 Å². The van der Waals surface area contributed by atoms with Gasteiger partial charge in [0.2, 0.25) is 16.0 Å². The van der Waals surface area contributed by atoms with E-state index in [1.165, 1.54) is 0 Å². The first-order chi connectivity index (χ1) is 10.2. The molecule has 0 amide bonds. The van der Waals surface area contributed by atoms with Gasteiger partial charge in [-0.1, -0.05) is 35.0 Å². The molecule has 0 aliphatic rings. The van der Waals surface area contributed by atoms with Crippen molar-refractivity contribution in [1.82, 2.24) is 9.97 Å². The number of aryl methyl sites for hydroxylation is 1. The van der Waals surface area contributed by atoms with Crippen molar-refractivity contribution < 1.29 is 8.42 Å². The molecule has 0 bridgehead atoms. The van der Waals surface area contributed by atoms with E-state index in [0.717, 1.165) is 5.56 Å². The van der Waals surface area contributed by atoms with Gasteiger partial charge in [0.25, 0.3) is 0 Å². The van der Waals surface area contributed by atoms with Crippen LogP contribution in [0, 0.1) is 6.92 Å². The average molecular weight is 385 g/mol. The maximum absolute atomic E-state index is 11.9. The Bertz CT molecular complexity index is 806. The van der Waals surface area contributed by atoms with Gasteiger partial charge in [0.15, 0.2) is 0 Å². The Balaban J connectivity index is 2.60. The number of nitrogens with two attached hydrogens (primary N) is 2. The second-order valence-corrected chi connectivity index (χ2v) is 8.17. The van der Waals surface area contributed by atoms with E-state index in [-0.39, 0.29) is 15.7 Å². The smallest absolute Gasteiger partial charge is 0.238 e. The third-order valence-electron chi connectivity index (χ3n) is 3.18. The highest BCUT2D eigenvalue weighted by Crippen LogP contribution is 2.27. The van der Waals surface area contributed by atoms with Crippen LogP contribution in [0.15, 0.2) is 29.3 Å². The number of hydrogen-bond donors (Lipinski definition) is 2. The zero-order valence-electron chi connectivity index (χ0n) is 12.2. The SMILES string of the molecule is Cc1nc(N)ncc1-c1ccc(CC(C)Br)c(S(N)(=O)=O)c1. The van der Waals surface area contributed by atoms with Crippen molar-refractivity contribution in [2.45, 2.75) is 30.0 Å². The van der Waals surface area contributed by atoms with Crippen molar-refractivity contribution in [3.63, 3.8) is 0 Å². The van der Waals surface area contributed by atoms with E-state index in [0.29, 0.717) is 23.2 Å². The van der Waals surface area contributed by atoms with Crippen molar-refractivity contribution in [1.29, 1.82) is 0 Å². The molecule has 0 radical (unpaired) electrons. The first kappa shape index (κ1) is 16.9. The second kappa shape index (κ2) is 6.31. The van der Waals surface area contributed by atoms with Crippen LogP contribution in [0.25, 0.3) is 11.1 Å².